The third kappa shape index (κ3) is 3.42. The van der Waals surface area contributed by atoms with Gasteiger partial charge < -0.3 is 5.11 Å². The molecule has 98 valence electrons. The van der Waals surface area contributed by atoms with Crippen LogP contribution >= 0.6 is 22.6 Å². The molecular formula is C14H17IO2S. The average molecular weight is 376 g/mol. The summed E-state index contributed by atoms with van der Waals surface area (Å²) in [5.41, 5.74) is -0.747. The second kappa shape index (κ2) is 6.30. The maximum atomic E-state index is 12.2. The first-order valence-electron chi connectivity index (χ1n) is 6.18. The Balaban J connectivity index is 2.15. The lowest BCUT2D eigenvalue weighted by Gasteiger charge is -2.31. The van der Waals surface area contributed by atoms with Gasteiger partial charge in [0.2, 0.25) is 0 Å². The Bertz CT molecular complexity index is 450. The molecule has 0 spiro atoms. The van der Waals surface area contributed by atoms with Gasteiger partial charge in [-0.2, -0.15) is 0 Å². The Morgan fingerprint density at radius 1 is 1.22 bits per heavy atom. The summed E-state index contributed by atoms with van der Waals surface area (Å²) in [6.45, 7) is 0. The molecule has 1 aromatic rings. The first-order chi connectivity index (χ1) is 8.62. The molecule has 4 heteroatoms. The predicted octanol–water partition coefficient (Wildman–Crippen LogP) is 3.77. The molecule has 18 heavy (non-hydrogen) atoms. The van der Waals surface area contributed by atoms with E-state index in [4.69, 9.17) is 0 Å². The molecule has 0 bridgehead atoms. The highest BCUT2D eigenvalue weighted by molar-refractivity contribution is 14.1. The summed E-state index contributed by atoms with van der Waals surface area (Å²) in [5.74, 6) is 0. The van der Waals surface area contributed by atoms with Crippen molar-refractivity contribution in [2.75, 3.05) is 0 Å². The van der Waals surface area contributed by atoms with Crippen LogP contribution in [0.3, 0.4) is 0 Å². The van der Waals surface area contributed by atoms with E-state index in [9.17, 15) is 9.32 Å². The summed E-state index contributed by atoms with van der Waals surface area (Å²) in [7, 11) is -1.17. The molecule has 1 N–H and O–H groups in total. The van der Waals surface area contributed by atoms with Gasteiger partial charge in [-0.05, 0) is 47.6 Å². The quantitative estimate of drug-likeness (QED) is 0.816. The Morgan fingerprint density at radius 3 is 2.44 bits per heavy atom. The zero-order chi connectivity index (χ0) is 13.0. The van der Waals surface area contributed by atoms with E-state index in [2.05, 4.69) is 22.6 Å². The van der Waals surface area contributed by atoms with Crippen molar-refractivity contribution in [2.45, 2.75) is 42.6 Å². The summed E-state index contributed by atoms with van der Waals surface area (Å²) in [4.78, 5) is 0.783. The third-order valence-electron chi connectivity index (χ3n) is 3.31. The van der Waals surface area contributed by atoms with E-state index >= 15 is 0 Å². The standard InChI is InChI=1S/C14H17IO2S/c15-13(14(16)9-5-2-6-10-14)11-18(17)12-7-3-1-4-8-12/h1,3-4,7-8,11,16H,2,5-6,9-10H2/b13-11+. The van der Waals surface area contributed by atoms with Gasteiger partial charge in [0.1, 0.15) is 0 Å². The maximum Gasteiger partial charge on any atom is 0.0958 e. The number of benzene rings is 1. The molecule has 1 saturated carbocycles. The van der Waals surface area contributed by atoms with Gasteiger partial charge >= 0.3 is 0 Å². The molecule has 1 fully saturated rings. The van der Waals surface area contributed by atoms with E-state index < -0.39 is 16.4 Å². The average Bonchev–Trinajstić information content (AvgIpc) is 2.40. The highest BCUT2D eigenvalue weighted by atomic mass is 127. The van der Waals surface area contributed by atoms with Crippen LogP contribution in [0.15, 0.2) is 44.2 Å². The smallest absolute Gasteiger partial charge is 0.0958 e. The van der Waals surface area contributed by atoms with E-state index in [1.807, 2.05) is 30.3 Å². The molecule has 1 aromatic carbocycles. The number of hydrogen-bond acceptors (Lipinski definition) is 2. The number of halogens is 1. The van der Waals surface area contributed by atoms with E-state index in [-0.39, 0.29) is 0 Å². The molecule has 1 unspecified atom stereocenters. The van der Waals surface area contributed by atoms with Gasteiger partial charge in [-0.25, -0.2) is 4.21 Å². The molecule has 2 rings (SSSR count). The zero-order valence-corrected chi connectivity index (χ0v) is 13.1. The van der Waals surface area contributed by atoms with Crippen LogP contribution in [0.4, 0.5) is 0 Å². The van der Waals surface area contributed by atoms with Gasteiger partial charge in [-0.15, -0.1) is 0 Å². The van der Waals surface area contributed by atoms with Crippen molar-refractivity contribution in [1.82, 2.24) is 0 Å². The fourth-order valence-electron chi connectivity index (χ4n) is 2.20. The molecule has 1 aliphatic carbocycles. The van der Waals surface area contributed by atoms with Crippen LogP contribution in [-0.2, 0) is 10.8 Å². The van der Waals surface area contributed by atoms with Crippen molar-refractivity contribution in [1.29, 1.82) is 0 Å². The van der Waals surface area contributed by atoms with Gasteiger partial charge in [0, 0.05) is 13.9 Å². The fraction of sp³-hybridized carbons (Fsp3) is 0.429. The SMILES string of the molecule is O=S(/C=C(/I)C1(O)CCCCC1)c1ccccc1. The Hall–Kier alpha value is -0.200. The minimum atomic E-state index is -1.17. The second-order valence-electron chi connectivity index (χ2n) is 4.67. The molecule has 0 aliphatic heterocycles. The molecular weight excluding hydrogens is 359 g/mol. The van der Waals surface area contributed by atoms with Gasteiger partial charge in [0.05, 0.1) is 16.4 Å². The van der Waals surface area contributed by atoms with Gasteiger partial charge in [-0.1, -0.05) is 37.5 Å². The molecule has 0 saturated heterocycles. The molecule has 1 atom stereocenters. The minimum absolute atomic E-state index is 0.747. The third-order valence-corrected chi connectivity index (χ3v) is 6.24. The van der Waals surface area contributed by atoms with Gasteiger partial charge in [0.25, 0.3) is 0 Å². The number of hydrogen-bond donors (Lipinski definition) is 1. The Kier molecular flexibility index (Phi) is 4.98. The van der Waals surface area contributed by atoms with Crippen LogP contribution in [0, 0.1) is 0 Å². The summed E-state index contributed by atoms with van der Waals surface area (Å²) in [6.07, 6.45) is 4.86. The first kappa shape index (κ1) is 14.2. The molecule has 0 aromatic heterocycles. The number of rotatable bonds is 3. The molecule has 0 heterocycles. The lowest BCUT2D eigenvalue weighted by molar-refractivity contribution is 0.0497. The maximum absolute atomic E-state index is 12.2. The summed E-state index contributed by atoms with van der Waals surface area (Å²) < 4.78 is 13.0. The van der Waals surface area contributed by atoms with Crippen LogP contribution in [0.25, 0.3) is 0 Å². The largest absolute Gasteiger partial charge is 0.385 e. The van der Waals surface area contributed by atoms with Crippen molar-refractivity contribution in [2.24, 2.45) is 0 Å². The summed E-state index contributed by atoms with van der Waals surface area (Å²) >= 11 is 2.14. The molecule has 1 aliphatic rings. The lowest BCUT2D eigenvalue weighted by atomic mass is 9.85. The molecule has 0 radical (unpaired) electrons. The van der Waals surface area contributed by atoms with Crippen molar-refractivity contribution in [3.63, 3.8) is 0 Å². The zero-order valence-electron chi connectivity index (χ0n) is 10.1. The van der Waals surface area contributed by atoms with Crippen LogP contribution in [-0.4, -0.2) is 14.9 Å². The monoisotopic (exact) mass is 376 g/mol. The highest BCUT2D eigenvalue weighted by Crippen LogP contribution is 2.37. The van der Waals surface area contributed by atoms with E-state index in [0.717, 1.165) is 34.2 Å². The minimum Gasteiger partial charge on any atom is -0.385 e. The fourth-order valence-corrected chi connectivity index (χ4v) is 4.40. The van der Waals surface area contributed by atoms with E-state index in [1.54, 1.807) is 5.41 Å². The van der Waals surface area contributed by atoms with Crippen LogP contribution < -0.4 is 0 Å². The molecule has 2 nitrogen and oxygen atoms in total. The van der Waals surface area contributed by atoms with Crippen LogP contribution in [0.2, 0.25) is 0 Å². The van der Waals surface area contributed by atoms with Gasteiger partial charge in [0.15, 0.2) is 0 Å². The highest BCUT2D eigenvalue weighted by Gasteiger charge is 2.32. The summed E-state index contributed by atoms with van der Waals surface area (Å²) in [5, 5.41) is 12.2. The van der Waals surface area contributed by atoms with Crippen LogP contribution in [0.1, 0.15) is 32.1 Å². The van der Waals surface area contributed by atoms with Crippen molar-refractivity contribution < 1.29 is 9.32 Å². The number of aliphatic hydroxyl groups is 1. The Morgan fingerprint density at radius 2 is 1.83 bits per heavy atom. The second-order valence-corrected chi connectivity index (χ2v) is 7.13. The first-order valence-corrected chi connectivity index (χ1v) is 8.47. The van der Waals surface area contributed by atoms with Crippen molar-refractivity contribution >= 4 is 33.4 Å². The van der Waals surface area contributed by atoms with Gasteiger partial charge in [-0.3, -0.25) is 0 Å². The normalized spacial score (nSPS) is 21.6. The topological polar surface area (TPSA) is 37.3 Å². The van der Waals surface area contributed by atoms with Crippen LogP contribution in [0.5, 0.6) is 0 Å². The lowest BCUT2D eigenvalue weighted by Crippen LogP contribution is -2.31. The van der Waals surface area contributed by atoms with E-state index in [1.165, 1.54) is 6.42 Å². The van der Waals surface area contributed by atoms with Crippen molar-refractivity contribution in [3.05, 3.63) is 39.3 Å². The predicted molar refractivity (Wildman–Crippen MR) is 83.0 cm³/mol. The molecule has 0 amide bonds. The van der Waals surface area contributed by atoms with Crippen molar-refractivity contribution in [3.8, 4) is 0 Å². The van der Waals surface area contributed by atoms with E-state index in [0.29, 0.717) is 0 Å². The Labute approximate surface area is 124 Å². The summed E-state index contributed by atoms with van der Waals surface area (Å²) in [6, 6.07) is 9.36.